The molecule has 1 heterocycles. The number of aromatic nitrogens is 2. The molecule has 192 valence electrons. The molecule has 1 aliphatic carbocycles. The van der Waals surface area contributed by atoms with Crippen molar-refractivity contribution in [1.82, 2.24) is 14.9 Å². The normalized spacial score (nSPS) is 20.2. The number of alkyl halides is 3. The highest BCUT2D eigenvalue weighted by molar-refractivity contribution is 5.99. The number of carboxylic acids is 1. The highest BCUT2D eigenvalue weighted by atomic mass is 19.4. The number of halogens is 3. The molecule has 0 saturated heterocycles. The van der Waals surface area contributed by atoms with Gasteiger partial charge in [-0.3, -0.25) is 9.59 Å². The highest BCUT2D eigenvalue weighted by Gasteiger charge is 2.31. The molecule has 3 N–H and O–H groups in total. The van der Waals surface area contributed by atoms with E-state index >= 15 is 0 Å². The van der Waals surface area contributed by atoms with Gasteiger partial charge < -0.3 is 25.0 Å². The second-order valence-electron chi connectivity index (χ2n) is 9.35. The average Bonchev–Trinajstić information content (AvgIpc) is 3.14. The van der Waals surface area contributed by atoms with E-state index in [9.17, 15) is 22.8 Å². The fourth-order valence-electron chi connectivity index (χ4n) is 4.93. The number of rotatable bonds is 7. The van der Waals surface area contributed by atoms with Gasteiger partial charge in [0.05, 0.1) is 11.0 Å². The molecule has 1 fully saturated rings. The summed E-state index contributed by atoms with van der Waals surface area (Å²) in [4.78, 5) is 28.0. The molecule has 11 heteroatoms. The van der Waals surface area contributed by atoms with E-state index in [1.165, 1.54) is 24.3 Å². The van der Waals surface area contributed by atoms with Crippen LogP contribution in [0, 0.1) is 11.8 Å². The molecule has 2 unspecified atom stereocenters. The van der Waals surface area contributed by atoms with E-state index < -0.39 is 24.8 Å². The van der Waals surface area contributed by atoms with Gasteiger partial charge in [-0.25, -0.2) is 4.98 Å². The molecule has 4 rings (SSSR count). The molecule has 1 amide bonds. The number of benzene rings is 2. The van der Waals surface area contributed by atoms with Crippen LogP contribution in [0.5, 0.6) is 5.75 Å². The van der Waals surface area contributed by atoms with Crippen molar-refractivity contribution in [3.8, 4) is 5.75 Å². The van der Waals surface area contributed by atoms with E-state index in [2.05, 4.69) is 29.2 Å². The lowest BCUT2D eigenvalue weighted by Crippen LogP contribution is -2.29. The second kappa shape index (κ2) is 10.1. The Kier molecular flexibility index (Phi) is 7.09. The van der Waals surface area contributed by atoms with E-state index in [-0.39, 0.29) is 11.8 Å². The number of amides is 1. The van der Waals surface area contributed by atoms with Gasteiger partial charge in [0.15, 0.2) is 0 Å². The summed E-state index contributed by atoms with van der Waals surface area (Å²) in [5.41, 5.74) is 2.18. The number of carbonyl (C=O) groups is 2. The summed E-state index contributed by atoms with van der Waals surface area (Å²) >= 11 is 0. The third kappa shape index (κ3) is 6.07. The molecule has 8 nitrogen and oxygen atoms in total. The van der Waals surface area contributed by atoms with Gasteiger partial charge in [-0.2, -0.15) is 0 Å². The molecular formula is C25H27F3N4O4. The van der Waals surface area contributed by atoms with E-state index in [0.717, 1.165) is 19.3 Å². The first-order chi connectivity index (χ1) is 17.0. The fourth-order valence-corrected chi connectivity index (χ4v) is 4.93. The van der Waals surface area contributed by atoms with Gasteiger partial charge in [0.25, 0.3) is 5.91 Å². The summed E-state index contributed by atoms with van der Waals surface area (Å²) in [7, 11) is 0. The van der Waals surface area contributed by atoms with Crippen molar-refractivity contribution >= 4 is 34.5 Å². The fraction of sp³-hybridized carbons (Fsp3) is 0.400. The Labute approximate surface area is 205 Å². The molecule has 0 spiro atoms. The Hall–Kier alpha value is -3.76. The third-order valence-electron chi connectivity index (χ3n) is 6.21. The number of carbonyl (C=O) groups excluding carboxylic acids is 1. The van der Waals surface area contributed by atoms with Crippen LogP contribution in [0.25, 0.3) is 11.0 Å². The first kappa shape index (κ1) is 25.3. The first-order valence-corrected chi connectivity index (χ1v) is 11.6. The van der Waals surface area contributed by atoms with Crippen molar-refractivity contribution in [2.45, 2.75) is 45.5 Å². The van der Waals surface area contributed by atoms with E-state index in [4.69, 9.17) is 10.1 Å². The van der Waals surface area contributed by atoms with Crippen LogP contribution < -0.4 is 15.4 Å². The summed E-state index contributed by atoms with van der Waals surface area (Å²) in [5.74, 6) is -0.517. The number of carboxylic acid groups (broad SMARTS) is 1. The zero-order chi connectivity index (χ0) is 26.0. The highest BCUT2D eigenvalue weighted by Crippen LogP contribution is 2.40. The smallest absolute Gasteiger partial charge is 0.480 e. The standard InChI is InChI=1S/C25H27F3N4O4/c1-14-9-15(2)11-18(10-14)32-21-12-16(23(35)29-13-22(33)34)3-8-20(21)31-24(32)30-17-4-6-19(7-5-17)36-25(26,27)28/h3-8,12,14-15,18H,9-11,13H2,1-2H3,(H,29,35)(H,30,31)(H,33,34). The molecule has 2 atom stereocenters. The minimum absolute atomic E-state index is 0.0846. The number of hydrogen-bond acceptors (Lipinski definition) is 5. The van der Waals surface area contributed by atoms with E-state index in [1.54, 1.807) is 18.2 Å². The summed E-state index contributed by atoms with van der Waals surface area (Å²) in [6, 6.07) is 10.4. The van der Waals surface area contributed by atoms with Gasteiger partial charge in [-0.05, 0) is 73.6 Å². The summed E-state index contributed by atoms with van der Waals surface area (Å²) < 4.78 is 43.5. The van der Waals surface area contributed by atoms with Crippen molar-refractivity contribution < 1.29 is 32.6 Å². The van der Waals surface area contributed by atoms with E-state index in [1.807, 2.05) is 4.57 Å². The van der Waals surface area contributed by atoms with Gasteiger partial charge >= 0.3 is 12.3 Å². The van der Waals surface area contributed by atoms with Crippen LogP contribution in [-0.2, 0) is 4.79 Å². The molecule has 0 aliphatic heterocycles. The number of imidazole rings is 1. The van der Waals surface area contributed by atoms with Crippen molar-refractivity contribution in [3.05, 3.63) is 48.0 Å². The lowest BCUT2D eigenvalue weighted by atomic mass is 9.80. The summed E-state index contributed by atoms with van der Waals surface area (Å²) in [6.45, 7) is 3.90. The van der Waals surface area contributed by atoms with Crippen molar-refractivity contribution in [3.63, 3.8) is 0 Å². The maximum Gasteiger partial charge on any atom is 0.573 e. The topological polar surface area (TPSA) is 105 Å². The predicted octanol–water partition coefficient (Wildman–Crippen LogP) is 5.49. The van der Waals surface area contributed by atoms with Crippen LogP contribution in [-0.4, -0.2) is 39.4 Å². The van der Waals surface area contributed by atoms with Gasteiger partial charge in [-0.15, -0.1) is 13.2 Å². The number of nitrogens with zero attached hydrogens (tertiary/aromatic N) is 2. The Bertz CT molecular complexity index is 1250. The number of aliphatic carboxylic acids is 1. The number of anilines is 2. The van der Waals surface area contributed by atoms with Gasteiger partial charge in [-0.1, -0.05) is 13.8 Å². The Morgan fingerprint density at radius 1 is 1.08 bits per heavy atom. The molecule has 2 aromatic carbocycles. The van der Waals surface area contributed by atoms with Crippen LogP contribution >= 0.6 is 0 Å². The van der Waals surface area contributed by atoms with E-state index in [0.29, 0.717) is 40.1 Å². The van der Waals surface area contributed by atoms with Crippen molar-refractivity contribution in [1.29, 1.82) is 0 Å². The minimum atomic E-state index is -4.77. The summed E-state index contributed by atoms with van der Waals surface area (Å²) in [6.07, 6.45) is -1.86. The van der Waals surface area contributed by atoms with Crippen LogP contribution in [0.1, 0.15) is 49.5 Å². The molecule has 36 heavy (non-hydrogen) atoms. The maximum atomic E-state index is 12.5. The zero-order valence-corrected chi connectivity index (χ0v) is 19.8. The number of ether oxygens (including phenoxy) is 1. The van der Waals surface area contributed by atoms with Crippen LogP contribution in [0.2, 0.25) is 0 Å². The van der Waals surface area contributed by atoms with Crippen LogP contribution in [0.4, 0.5) is 24.8 Å². The van der Waals surface area contributed by atoms with Gasteiger partial charge in [0.2, 0.25) is 5.95 Å². The quantitative estimate of drug-likeness (QED) is 0.393. The lowest BCUT2D eigenvalue weighted by Gasteiger charge is -2.33. The molecular weight excluding hydrogens is 477 g/mol. The first-order valence-electron chi connectivity index (χ1n) is 11.6. The van der Waals surface area contributed by atoms with Gasteiger partial charge in [0, 0.05) is 17.3 Å². The van der Waals surface area contributed by atoms with Crippen LogP contribution in [0.15, 0.2) is 42.5 Å². The van der Waals surface area contributed by atoms with Gasteiger partial charge in [0.1, 0.15) is 12.3 Å². The average molecular weight is 505 g/mol. The minimum Gasteiger partial charge on any atom is -0.480 e. The number of fused-ring (bicyclic) bond motifs is 1. The molecule has 1 aromatic heterocycles. The lowest BCUT2D eigenvalue weighted by molar-refractivity contribution is -0.274. The number of hydrogen-bond donors (Lipinski definition) is 3. The SMILES string of the molecule is CC1CC(C)CC(n2c(Nc3ccc(OC(F)(F)F)cc3)nc3ccc(C(=O)NCC(=O)O)cc32)C1. The molecule has 0 radical (unpaired) electrons. The largest absolute Gasteiger partial charge is 0.573 e. The molecule has 1 aliphatic rings. The van der Waals surface area contributed by atoms with Crippen molar-refractivity contribution in [2.24, 2.45) is 11.8 Å². The Morgan fingerprint density at radius 2 is 1.75 bits per heavy atom. The second-order valence-corrected chi connectivity index (χ2v) is 9.35. The predicted molar refractivity (Wildman–Crippen MR) is 127 cm³/mol. The third-order valence-corrected chi connectivity index (χ3v) is 6.21. The molecule has 0 bridgehead atoms. The Balaban J connectivity index is 1.70. The van der Waals surface area contributed by atoms with Crippen LogP contribution in [0.3, 0.4) is 0 Å². The molecule has 3 aromatic rings. The van der Waals surface area contributed by atoms with Crippen molar-refractivity contribution in [2.75, 3.05) is 11.9 Å². The zero-order valence-electron chi connectivity index (χ0n) is 19.8. The molecule has 1 saturated carbocycles. The number of nitrogens with one attached hydrogen (secondary N) is 2. The monoisotopic (exact) mass is 504 g/mol. The maximum absolute atomic E-state index is 12.5. The summed E-state index contributed by atoms with van der Waals surface area (Å²) in [5, 5.41) is 14.4. The Morgan fingerprint density at radius 3 is 2.36 bits per heavy atom.